The molecule has 0 unspecified atom stereocenters. The van der Waals surface area contributed by atoms with E-state index in [4.69, 9.17) is 0 Å². The molecule has 0 amide bonds. The van der Waals surface area contributed by atoms with E-state index in [2.05, 4.69) is 9.72 Å². The lowest BCUT2D eigenvalue weighted by atomic mass is 10.3. The molecule has 0 fully saturated rings. The predicted octanol–water partition coefficient (Wildman–Crippen LogP) is 1.25. The Hall–Kier alpha value is -1.32. The number of nitrogens with one attached hydrogen (secondary N) is 1. The minimum absolute atomic E-state index is 0.120. The van der Waals surface area contributed by atoms with Gasteiger partial charge < -0.3 is 9.72 Å². The first-order valence-corrected chi connectivity index (χ1v) is 3.08. The van der Waals surface area contributed by atoms with E-state index in [9.17, 15) is 9.18 Å². The molecule has 0 aliphatic carbocycles. The average Bonchev–Trinajstić information content (AvgIpc) is 2.32. The molecule has 1 aromatic heterocycles. The molecule has 1 heterocycles. The van der Waals surface area contributed by atoms with Crippen molar-refractivity contribution in [2.24, 2.45) is 0 Å². The molecular weight excluding hydrogens is 149 g/mol. The van der Waals surface area contributed by atoms with Crippen molar-refractivity contribution in [1.82, 2.24) is 4.98 Å². The molecule has 0 aliphatic rings. The Morgan fingerprint density at radius 2 is 2.36 bits per heavy atom. The first-order chi connectivity index (χ1) is 5.16. The Kier molecular flexibility index (Phi) is 1.94. The van der Waals surface area contributed by atoms with Crippen LogP contribution in [0.1, 0.15) is 16.1 Å². The van der Waals surface area contributed by atoms with Crippen LogP contribution in [0.5, 0.6) is 0 Å². The number of aromatic amines is 1. The largest absolute Gasteiger partial charge is 0.464 e. The molecule has 0 radical (unpaired) electrons. The van der Waals surface area contributed by atoms with Crippen molar-refractivity contribution >= 4 is 5.97 Å². The van der Waals surface area contributed by atoms with E-state index in [0.29, 0.717) is 5.56 Å². The van der Waals surface area contributed by atoms with Crippen molar-refractivity contribution in [3.8, 4) is 0 Å². The number of ether oxygens (including phenoxy) is 1. The highest BCUT2D eigenvalue weighted by atomic mass is 19.1. The summed E-state index contributed by atoms with van der Waals surface area (Å²) in [5.74, 6) is -1.23. The minimum Gasteiger partial charge on any atom is -0.464 e. The molecule has 3 nitrogen and oxygen atoms in total. The number of carbonyl (C=O) groups excluding carboxylic acids is 1. The van der Waals surface area contributed by atoms with Crippen molar-refractivity contribution in [3.05, 3.63) is 23.3 Å². The molecule has 0 aromatic carbocycles. The smallest absolute Gasteiger partial charge is 0.357 e. The Morgan fingerprint density at radius 1 is 1.73 bits per heavy atom. The Balaban J connectivity index is 3.04. The van der Waals surface area contributed by atoms with Gasteiger partial charge >= 0.3 is 5.97 Å². The summed E-state index contributed by atoms with van der Waals surface area (Å²) in [7, 11) is 1.21. The second kappa shape index (κ2) is 2.74. The number of rotatable bonds is 1. The standard InChI is InChI=1S/C7H8FNO2/c1-4-3-9-6(5(4)8)7(10)11-2/h3,9H,1-2H3. The zero-order chi connectivity index (χ0) is 8.43. The van der Waals surface area contributed by atoms with Gasteiger partial charge in [0.2, 0.25) is 0 Å². The molecule has 1 aromatic rings. The Morgan fingerprint density at radius 3 is 2.73 bits per heavy atom. The van der Waals surface area contributed by atoms with Crippen LogP contribution in [0.2, 0.25) is 0 Å². The third-order valence-corrected chi connectivity index (χ3v) is 1.39. The average molecular weight is 157 g/mol. The Bertz CT molecular complexity index is 280. The van der Waals surface area contributed by atoms with E-state index < -0.39 is 11.8 Å². The number of halogens is 1. The number of esters is 1. The molecule has 0 bridgehead atoms. The van der Waals surface area contributed by atoms with Crippen LogP contribution in [0.4, 0.5) is 4.39 Å². The number of aromatic nitrogens is 1. The van der Waals surface area contributed by atoms with Gasteiger partial charge in [-0.15, -0.1) is 0 Å². The van der Waals surface area contributed by atoms with E-state index in [1.807, 2.05) is 0 Å². The van der Waals surface area contributed by atoms with Crippen LogP contribution in [-0.2, 0) is 4.74 Å². The zero-order valence-electron chi connectivity index (χ0n) is 6.27. The van der Waals surface area contributed by atoms with Gasteiger partial charge in [0.05, 0.1) is 7.11 Å². The topological polar surface area (TPSA) is 42.1 Å². The SMILES string of the molecule is COC(=O)c1[nH]cc(C)c1F. The molecule has 4 heteroatoms. The van der Waals surface area contributed by atoms with Crippen LogP contribution < -0.4 is 0 Å². The van der Waals surface area contributed by atoms with E-state index in [1.165, 1.54) is 13.3 Å². The highest BCUT2D eigenvalue weighted by Crippen LogP contribution is 2.10. The Labute approximate surface area is 63.2 Å². The first kappa shape index (κ1) is 7.78. The molecule has 11 heavy (non-hydrogen) atoms. The van der Waals surface area contributed by atoms with Crippen LogP contribution in [0.3, 0.4) is 0 Å². The van der Waals surface area contributed by atoms with Crippen molar-refractivity contribution in [2.45, 2.75) is 6.92 Å². The van der Waals surface area contributed by atoms with Crippen LogP contribution >= 0.6 is 0 Å². The summed E-state index contributed by atoms with van der Waals surface area (Å²) in [6.07, 6.45) is 1.42. The molecular formula is C7H8FNO2. The van der Waals surface area contributed by atoms with E-state index in [-0.39, 0.29) is 5.69 Å². The maximum absolute atomic E-state index is 12.9. The highest BCUT2D eigenvalue weighted by Gasteiger charge is 2.14. The van der Waals surface area contributed by atoms with Crippen LogP contribution in [0.15, 0.2) is 6.20 Å². The molecule has 0 aliphatic heterocycles. The van der Waals surface area contributed by atoms with E-state index in [1.54, 1.807) is 6.92 Å². The van der Waals surface area contributed by atoms with Crippen molar-refractivity contribution < 1.29 is 13.9 Å². The second-order valence-electron chi connectivity index (χ2n) is 2.15. The molecule has 0 spiro atoms. The van der Waals surface area contributed by atoms with Crippen molar-refractivity contribution in [3.63, 3.8) is 0 Å². The number of hydrogen-bond donors (Lipinski definition) is 1. The summed E-state index contributed by atoms with van der Waals surface area (Å²) in [6.45, 7) is 1.57. The lowest BCUT2D eigenvalue weighted by molar-refractivity contribution is 0.0589. The summed E-state index contributed by atoms with van der Waals surface area (Å²) in [4.78, 5) is 13.2. The van der Waals surface area contributed by atoms with Crippen LogP contribution in [0.25, 0.3) is 0 Å². The van der Waals surface area contributed by atoms with Gasteiger partial charge in [0.25, 0.3) is 0 Å². The van der Waals surface area contributed by atoms with Gasteiger partial charge in [-0.3, -0.25) is 0 Å². The van der Waals surface area contributed by atoms with E-state index in [0.717, 1.165) is 0 Å². The number of hydrogen-bond acceptors (Lipinski definition) is 2. The maximum Gasteiger partial charge on any atom is 0.357 e. The molecule has 1 N–H and O–H groups in total. The van der Waals surface area contributed by atoms with Gasteiger partial charge in [-0.05, 0) is 6.92 Å². The van der Waals surface area contributed by atoms with Crippen LogP contribution in [0, 0.1) is 12.7 Å². The number of carbonyl (C=O) groups is 1. The quantitative estimate of drug-likeness (QED) is 0.623. The van der Waals surface area contributed by atoms with Gasteiger partial charge in [-0.25, -0.2) is 9.18 Å². The molecule has 60 valence electrons. The summed E-state index contributed by atoms with van der Waals surface area (Å²) < 4.78 is 17.2. The second-order valence-corrected chi connectivity index (χ2v) is 2.15. The molecule has 0 saturated heterocycles. The van der Waals surface area contributed by atoms with E-state index >= 15 is 0 Å². The van der Waals surface area contributed by atoms with Gasteiger partial charge in [-0.1, -0.05) is 0 Å². The fourth-order valence-electron chi connectivity index (χ4n) is 0.755. The third-order valence-electron chi connectivity index (χ3n) is 1.39. The third kappa shape index (κ3) is 1.24. The summed E-state index contributed by atoms with van der Waals surface area (Å²) in [5.41, 5.74) is 0.287. The van der Waals surface area contributed by atoms with Crippen molar-refractivity contribution in [1.29, 1.82) is 0 Å². The van der Waals surface area contributed by atoms with Gasteiger partial charge in [0, 0.05) is 11.8 Å². The first-order valence-electron chi connectivity index (χ1n) is 3.08. The fourth-order valence-corrected chi connectivity index (χ4v) is 0.755. The lowest BCUT2D eigenvalue weighted by Gasteiger charge is -1.93. The fraction of sp³-hybridized carbons (Fsp3) is 0.286. The number of aryl methyl sites for hydroxylation is 1. The summed E-state index contributed by atoms with van der Waals surface area (Å²) in [5, 5.41) is 0. The monoisotopic (exact) mass is 157 g/mol. The number of methoxy groups -OCH3 is 1. The summed E-state index contributed by atoms with van der Waals surface area (Å²) >= 11 is 0. The van der Waals surface area contributed by atoms with Crippen molar-refractivity contribution in [2.75, 3.05) is 7.11 Å². The van der Waals surface area contributed by atoms with Crippen LogP contribution in [-0.4, -0.2) is 18.1 Å². The number of H-pyrrole nitrogens is 1. The van der Waals surface area contributed by atoms with Gasteiger partial charge in [0.15, 0.2) is 11.5 Å². The molecule has 1 rings (SSSR count). The molecule has 0 saturated carbocycles. The summed E-state index contributed by atoms with van der Waals surface area (Å²) in [6, 6.07) is 0. The molecule has 0 atom stereocenters. The van der Waals surface area contributed by atoms with Gasteiger partial charge in [-0.2, -0.15) is 0 Å². The normalized spacial score (nSPS) is 9.73. The maximum atomic E-state index is 12.9. The minimum atomic E-state index is -0.685. The predicted molar refractivity (Wildman–Crippen MR) is 36.8 cm³/mol. The van der Waals surface area contributed by atoms with Gasteiger partial charge in [0.1, 0.15) is 0 Å². The zero-order valence-corrected chi connectivity index (χ0v) is 6.27. The lowest BCUT2D eigenvalue weighted by Crippen LogP contribution is -2.03. The highest BCUT2D eigenvalue weighted by molar-refractivity contribution is 5.87.